The summed E-state index contributed by atoms with van der Waals surface area (Å²) in [5, 5.41) is 21.8. The maximum absolute atomic E-state index is 14.2. The molecule has 0 aromatic heterocycles. The number of nitrogens with zero attached hydrogens (tertiary/aromatic N) is 1. The Bertz CT molecular complexity index is 1380. The second-order valence-corrected chi connectivity index (χ2v) is 17.3. The number of aliphatic hydroxyl groups is 2. The maximum atomic E-state index is 14.2. The van der Waals surface area contributed by atoms with Gasteiger partial charge in [-0.25, -0.2) is 4.79 Å². The van der Waals surface area contributed by atoms with E-state index in [-0.39, 0.29) is 47.8 Å². The van der Waals surface area contributed by atoms with Gasteiger partial charge in [0.25, 0.3) is 11.7 Å². The monoisotopic (exact) mass is 779 g/mol. The van der Waals surface area contributed by atoms with Crippen LogP contribution in [0.2, 0.25) is 0 Å². The van der Waals surface area contributed by atoms with E-state index in [0.717, 1.165) is 17.6 Å². The number of hydrogen-bond donors (Lipinski definition) is 2. The number of aliphatic hydroxyl groups excluding tert-OH is 1. The van der Waals surface area contributed by atoms with Crippen molar-refractivity contribution in [3.8, 4) is 0 Å². The Kier molecular flexibility index (Phi) is 16.4. The molecule has 4 aliphatic rings. The lowest BCUT2D eigenvalue weighted by molar-refractivity contribution is -0.302. The Morgan fingerprint density at radius 3 is 2.35 bits per heavy atom. The number of carbonyl (C=O) groups excluding carboxylic acids is 4. The van der Waals surface area contributed by atoms with Gasteiger partial charge in [0.05, 0.1) is 23.7 Å². The molecule has 4 rings (SSSR count). The van der Waals surface area contributed by atoms with Gasteiger partial charge in [-0.2, -0.15) is 0 Å². The molecule has 2 N–H and O–H groups in total. The van der Waals surface area contributed by atoms with Crippen LogP contribution in [0.4, 0.5) is 0 Å². The molecule has 0 radical (unpaired) electrons. The first-order valence-electron chi connectivity index (χ1n) is 20.3. The van der Waals surface area contributed by atoms with E-state index in [1.54, 1.807) is 21.1 Å². The molecule has 12 heteroatoms. The van der Waals surface area contributed by atoms with Gasteiger partial charge in [-0.15, -0.1) is 11.6 Å². The van der Waals surface area contributed by atoms with Crippen molar-refractivity contribution in [2.45, 2.75) is 166 Å². The van der Waals surface area contributed by atoms with E-state index in [9.17, 15) is 29.4 Å². The van der Waals surface area contributed by atoms with Crippen LogP contribution in [0.25, 0.3) is 0 Å². The highest BCUT2D eigenvalue weighted by molar-refractivity contribution is 6.39. The predicted molar refractivity (Wildman–Crippen MR) is 206 cm³/mol. The van der Waals surface area contributed by atoms with Crippen molar-refractivity contribution in [1.82, 2.24) is 4.90 Å². The van der Waals surface area contributed by atoms with Gasteiger partial charge in [0.15, 0.2) is 0 Å². The van der Waals surface area contributed by atoms with E-state index in [0.29, 0.717) is 64.2 Å². The molecule has 1 saturated carbocycles. The lowest BCUT2D eigenvalue weighted by atomic mass is 9.82. The van der Waals surface area contributed by atoms with Crippen LogP contribution >= 0.6 is 11.6 Å². The van der Waals surface area contributed by atoms with E-state index in [1.807, 2.05) is 27.7 Å². The van der Waals surface area contributed by atoms with Gasteiger partial charge in [0.2, 0.25) is 5.79 Å². The molecule has 1 aliphatic carbocycles. The zero-order valence-corrected chi connectivity index (χ0v) is 34.5. The summed E-state index contributed by atoms with van der Waals surface area (Å²) in [6, 6.07) is -1.04. The lowest BCUT2D eigenvalue weighted by Gasteiger charge is -2.47. The second-order valence-electron chi connectivity index (χ2n) is 16.8. The Hall–Kier alpha value is -2.15. The third-order valence-electron chi connectivity index (χ3n) is 12.4. The van der Waals surface area contributed by atoms with Gasteiger partial charge in [0, 0.05) is 39.0 Å². The number of Topliss-reactive ketones (excluding diaryl/α,β-unsaturated/α-hetero) is 2. The molecule has 13 unspecified atom stereocenters. The van der Waals surface area contributed by atoms with Crippen LogP contribution in [0, 0.1) is 29.6 Å². The molecule has 54 heavy (non-hydrogen) atoms. The number of allylic oxidation sites excluding steroid dienone is 3. The van der Waals surface area contributed by atoms with E-state index in [1.165, 1.54) is 4.90 Å². The molecule has 2 bridgehead atoms. The Balaban J connectivity index is 1.73. The molecule has 3 aliphatic heterocycles. The van der Waals surface area contributed by atoms with Crippen LogP contribution in [-0.2, 0) is 38.1 Å². The molecular formula is C42H66ClNO10. The number of ether oxygens (including phenoxy) is 4. The summed E-state index contributed by atoms with van der Waals surface area (Å²) in [6.45, 7) is 11.8. The number of cyclic esters (lactones) is 1. The van der Waals surface area contributed by atoms with Crippen LogP contribution in [0.1, 0.15) is 119 Å². The number of piperidine rings is 1. The van der Waals surface area contributed by atoms with Crippen molar-refractivity contribution in [3.63, 3.8) is 0 Å². The fourth-order valence-corrected chi connectivity index (χ4v) is 9.48. The van der Waals surface area contributed by atoms with Crippen molar-refractivity contribution in [3.05, 3.63) is 23.3 Å². The zero-order chi connectivity index (χ0) is 39.9. The van der Waals surface area contributed by atoms with Crippen LogP contribution in [-0.4, -0.2) is 107 Å². The summed E-state index contributed by atoms with van der Waals surface area (Å²) in [7, 11) is 3.10. The number of carbonyl (C=O) groups is 4. The topological polar surface area (TPSA) is 149 Å². The van der Waals surface area contributed by atoms with Gasteiger partial charge in [-0.3, -0.25) is 14.4 Å². The Morgan fingerprint density at radius 1 is 1.02 bits per heavy atom. The molecule has 306 valence electrons. The number of alkyl halides is 1. The first-order chi connectivity index (χ1) is 25.5. The predicted octanol–water partition coefficient (Wildman–Crippen LogP) is 6.09. The fourth-order valence-electron chi connectivity index (χ4n) is 9.13. The molecule has 3 fully saturated rings. The first kappa shape index (κ1) is 44.6. The van der Waals surface area contributed by atoms with Gasteiger partial charge in [-0.05, 0) is 108 Å². The summed E-state index contributed by atoms with van der Waals surface area (Å²) in [4.78, 5) is 57.5. The molecule has 0 spiro atoms. The highest BCUT2D eigenvalue weighted by Crippen LogP contribution is 2.39. The number of ketones is 2. The average molecular weight is 780 g/mol. The van der Waals surface area contributed by atoms with Crippen LogP contribution in [0.3, 0.4) is 0 Å². The third-order valence-corrected chi connectivity index (χ3v) is 12.9. The van der Waals surface area contributed by atoms with Gasteiger partial charge in [0.1, 0.15) is 24.0 Å². The Labute approximate surface area is 327 Å². The number of esters is 1. The zero-order valence-electron chi connectivity index (χ0n) is 33.8. The van der Waals surface area contributed by atoms with Crippen molar-refractivity contribution in [2.24, 2.45) is 29.6 Å². The summed E-state index contributed by atoms with van der Waals surface area (Å²) >= 11 is 6.44. The number of methoxy groups -OCH3 is 2. The third kappa shape index (κ3) is 10.6. The minimum absolute atomic E-state index is 0.0800. The minimum atomic E-state index is -2.46. The molecule has 1 amide bonds. The van der Waals surface area contributed by atoms with Gasteiger partial charge in [-0.1, -0.05) is 45.4 Å². The highest BCUT2D eigenvalue weighted by atomic mass is 35.5. The maximum Gasteiger partial charge on any atom is 0.329 e. The quantitative estimate of drug-likeness (QED) is 0.145. The van der Waals surface area contributed by atoms with E-state index in [4.69, 9.17) is 30.5 Å². The summed E-state index contributed by atoms with van der Waals surface area (Å²) in [5.41, 5.74) is 1.89. The second kappa shape index (κ2) is 19.8. The van der Waals surface area contributed by atoms with Crippen molar-refractivity contribution >= 4 is 35.0 Å². The molecule has 0 aromatic carbocycles. The molecule has 2 saturated heterocycles. The molecular weight excluding hydrogens is 714 g/mol. The van der Waals surface area contributed by atoms with Gasteiger partial charge < -0.3 is 34.1 Å². The molecule has 0 aromatic rings. The average Bonchev–Trinajstić information content (AvgIpc) is 3.15. The summed E-state index contributed by atoms with van der Waals surface area (Å²) in [6.07, 6.45) is 7.26. The minimum Gasteiger partial charge on any atom is -0.456 e. The molecule has 13 atom stereocenters. The largest absolute Gasteiger partial charge is 0.456 e. The first-order valence-corrected chi connectivity index (χ1v) is 20.7. The van der Waals surface area contributed by atoms with Gasteiger partial charge >= 0.3 is 5.97 Å². The van der Waals surface area contributed by atoms with Crippen LogP contribution in [0.15, 0.2) is 23.3 Å². The lowest BCUT2D eigenvalue weighted by Crippen LogP contribution is -2.64. The van der Waals surface area contributed by atoms with Crippen LogP contribution in [0.5, 0.6) is 0 Å². The Morgan fingerprint density at radius 2 is 1.70 bits per heavy atom. The van der Waals surface area contributed by atoms with Crippen molar-refractivity contribution in [2.75, 3.05) is 20.8 Å². The number of amides is 1. The number of rotatable bonds is 5. The SMILES string of the molecule is CCC1C=C(C)CC(C)CC(OC)C2OC(O)(C(=O)C(=O)N3CCCCC3C(=O)OC(C(C)=CC3CCC(O)C(Cl)C3)C(C)CCC1=O)C(C)CC2OC. The van der Waals surface area contributed by atoms with E-state index < -0.39 is 65.9 Å². The van der Waals surface area contributed by atoms with E-state index in [2.05, 4.69) is 19.1 Å². The van der Waals surface area contributed by atoms with E-state index >= 15 is 0 Å². The fraction of sp³-hybridized carbons (Fsp3) is 0.810. The standard InChI is InChI=1S/C42H66ClNO10/c1-9-30-19-24(2)18-25(3)20-35(51-7)38-36(52-8)22-28(6)42(50,54-38)39(47)40(48)44-17-11-10-12-32(44)41(49)53-37(26(4)13-15-33(30)45)27(5)21-29-14-16-34(46)31(43)23-29/h19,21,25-26,28-32,34-38,46,50H,9-18,20,22-23H2,1-8H3. The van der Waals surface area contributed by atoms with Crippen molar-refractivity contribution in [1.29, 1.82) is 0 Å². The molecule has 3 heterocycles. The number of fused-ring (bicyclic) bond motifs is 3. The molecule has 11 nitrogen and oxygen atoms in total. The summed E-state index contributed by atoms with van der Waals surface area (Å²) < 4.78 is 24.3. The highest BCUT2D eigenvalue weighted by Gasteiger charge is 2.56. The van der Waals surface area contributed by atoms with Crippen molar-refractivity contribution < 1.29 is 48.3 Å². The summed E-state index contributed by atoms with van der Waals surface area (Å²) in [5.74, 6) is -6.19. The normalized spacial score (nSPS) is 40.3. The number of hydrogen-bond acceptors (Lipinski definition) is 10. The van der Waals surface area contributed by atoms with Crippen LogP contribution < -0.4 is 0 Å². The number of halogens is 1. The smallest absolute Gasteiger partial charge is 0.329 e.